The Bertz CT molecular complexity index is 553. The van der Waals surface area contributed by atoms with Gasteiger partial charge in [0.1, 0.15) is 0 Å². The van der Waals surface area contributed by atoms with E-state index in [-0.39, 0.29) is 5.69 Å². The van der Waals surface area contributed by atoms with E-state index in [4.69, 9.17) is 5.11 Å². The maximum atomic E-state index is 10.6. The van der Waals surface area contributed by atoms with Gasteiger partial charge in [-0.1, -0.05) is 21.1 Å². The van der Waals surface area contributed by atoms with Crippen LogP contribution in [-0.4, -0.2) is 26.1 Å². The van der Waals surface area contributed by atoms with E-state index in [9.17, 15) is 4.79 Å². The minimum absolute atomic E-state index is 0.0881. The molecule has 0 bridgehead atoms. The molecule has 0 atom stereocenters. The van der Waals surface area contributed by atoms with E-state index in [0.717, 1.165) is 14.6 Å². The van der Waals surface area contributed by atoms with E-state index >= 15 is 0 Å². The van der Waals surface area contributed by atoms with Crippen LogP contribution in [0.15, 0.2) is 33.3 Å². The first-order valence-electron chi connectivity index (χ1n) is 4.19. The predicted octanol–water partition coefficient (Wildman–Crippen LogP) is 2.49. The van der Waals surface area contributed by atoms with Gasteiger partial charge in [-0.15, -0.1) is 5.10 Å². The van der Waals surface area contributed by atoms with Gasteiger partial charge in [0.15, 0.2) is 5.69 Å². The molecule has 0 aliphatic heterocycles. The summed E-state index contributed by atoms with van der Waals surface area (Å²) in [5.41, 5.74) is 0.637. The van der Waals surface area contributed by atoms with E-state index in [1.54, 1.807) is 6.07 Å². The van der Waals surface area contributed by atoms with Gasteiger partial charge < -0.3 is 5.11 Å². The number of aromatic nitrogens is 3. The molecule has 1 heterocycles. The summed E-state index contributed by atoms with van der Waals surface area (Å²) in [4.78, 5) is 10.6. The summed E-state index contributed by atoms with van der Waals surface area (Å²) in [5, 5.41) is 16.0. The topological polar surface area (TPSA) is 68.0 Å². The molecule has 1 aromatic heterocycles. The molecule has 2 aromatic rings. The minimum Gasteiger partial charge on any atom is -0.476 e. The highest BCUT2D eigenvalue weighted by Crippen LogP contribution is 2.24. The molecule has 5 nitrogen and oxygen atoms in total. The zero-order valence-electron chi connectivity index (χ0n) is 7.76. The molecule has 0 spiro atoms. The van der Waals surface area contributed by atoms with Gasteiger partial charge in [-0.25, -0.2) is 9.48 Å². The zero-order chi connectivity index (χ0) is 11.7. The van der Waals surface area contributed by atoms with Crippen LogP contribution in [0.3, 0.4) is 0 Å². The molecule has 2 rings (SSSR count). The van der Waals surface area contributed by atoms with Gasteiger partial charge in [0.2, 0.25) is 0 Å². The summed E-state index contributed by atoms with van der Waals surface area (Å²) in [6.07, 6.45) is 1.36. The van der Waals surface area contributed by atoms with Crippen LogP contribution < -0.4 is 0 Å². The maximum absolute atomic E-state index is 10.6. The monoisotopic (exact) mass is 345 g/mol. The van der Waals surface area contributed by atoms with Crippen LogP contribution in [0, 0.1) is 0 Å². The largest absolute Gasteiger partial charge is 0.476 e. The molecule has 0 unspecified atom stereocenters. The lowest BCUT2D eigenvalue weighted by molar-refractivity contribution is 0.0690. The summed E-state index contributed by atoms with van der Waals surface area (Å²) >= 11 is 6.69. The van der Waals surface area contributed by atoms with Crippen molar-refractivity contribution in [1.29, 1.82) is 0 Å². The standard InChI is InChI=1S/C9H5Br2N3O2/c10-5-1-2-8(6(11)3-5)14-4-7(9(15)16)12-13-14/h1-4H,(H,15,16). The Morgan fingerprint density at radius 3 is 2.69 bits per heavy atom. The van der Waals surface area contributed by atoms with Gasteiger partial charge in [0.05, 0.1) is 11.9 Å². The van der Waals surface area contributed by atoms with E-state index < -0.39 is 5.97 Å². The summed E-state index contributed by atoms with van der Waals surface area (Å²) in [5.74, 6) is -1.10. The number of aromatic carboxylic acids is 1. The predicted molar refractivity (Wildman–Crippen MR) is 63.7 cm³/mol. The number of benzene rings is 1. The lowest BCUT2D eigenvalue weighted by atomic mass is 10.3. The first-order chi connectivity index (χ1) is 7.58. The fourth-order valence-corrected chi connectivity index (χ4v) is 2.38. The third-order valence-electron chi connectivity index (χ3n) is 1.87. The summed E-state index contributed by atoms with van der Waals surface area (Å²) in [6, 6.07) is 5.48. The third kappa shape index (κ3) is 2.14. The van der Waals surface area contributed by atoms with Gasteiger partial charge in [0.25, 0.3) is 0 Å². The number of hydrogen-bond donors (Lipinski definition) is 1. The minimum atomic E-state index is -1.10. The van der Waals surface area contributed by atoms with Crippen LogP contribution in [-0.2, 0) is 0 Å². The maximum Gasteiger partial charge on any atom is 0.358 e. The van der Waals surface area contributed by atoms with Gasteiger partial charge in [0, 0.05) is 8.95 Å². The second kappa shape index (κ2) is 4.34. The van der Waals surface area contributed by atoms with Crippen LogP contribution in [0.2, 0.25) is 0 Å². The second-order valence-electron chi connectivity index (χ2n) is 2.95. The van der Waals surface area contributed by atoms with Crippen LogP contribution in [0.25, 0.3) is 5.69 Å². The van der Waals surface area contributed by atoms with E-state index in [2.05, 4.69) is 42.2 Å². The first kappa shape index (κ1) is 11.3. The number of carboxylic acid groups (broad SMARTS) is 1. The molecule has 82 valence electrons. The van der Waals surface area contributed by atoms with Crippen molar-refractivity contribution in [1.82, 2.24) is 15.0 Å². The molecule has 0 aliphatic rings. The zero-order valence-corrected chi connectivity index (χ0v) is 10.9. The summed E-state index contributed by atoms with van der Waals surface area (Å²) in [7, 11) is 0. The molecule has 0 radical (unpaired) electrons. The lowest BCUT2D eigenvalue weighted by Gasteiger charge is -2.03. The Kier molecular flexibility index (Phi) is 3.06. The molecular weight excluding hydrogens is 342 g/mol. The molecule has 7 heteroatoms. The van der Waals surface area contributed by atoms with Crippen LogP contribution in [0.1, 0.15) is 10.5 Å². The second-order valence-corrected chi connectivity index (χ2v) is 4.72. The molecule has 0 amide bonds. The third-order valence-corrected chi connectivity index (χ3v) is 3.00. The Morgan fingerprint density at radius 1 is 1.38 bits per heavy atom. The average Bonchev–Trinajstić information content (AvgIpc) is 2.66. The normalized spacial score (nSPS) is 10.4. The van der Waals surface area contributed by atoms with Crippen molar-refractivity contribution in [2.24, 2.45) is 0 Å². The SMILES string of the molecule is O=C(O)c1cn(-c2ccc(Br)cc2Br)nn1. The number of hydrogen-bond acceptors (Lipinski definition) is 3. The Hall–Kier alpha value is -1.21. The fourth-order valence-electron chi connectivity index (χ4n) is 1.15. The van der Waals surface area contributed by atoms with Crippen LogP contribution in [0.5, 0.6) is 0 Å². The quantitative estimate of drug-likeness (QED) is 0.907. The van der Waals surface area contributed by atoms with E-state index in [0.29, 0.717) is 0 Å². The van der Waals surface area contributed by atoms with Crippen molar-refractivity contribution in [3.8, 4) is 5.69 Å². The fraction of sp³-hybridized carbons (Fsp3) is 0. The van der Waals surface area contributed by atoms with Crippen LogP contribution in [0.4, 0.5) is 0 Å². The molecule has 0 fully saturated rings. The number of rotatable bonds is 2. The van der Waals surface area contributed by atoms with Crippen molar-refractivity contribution in [3.63, 3.8) is 0 Å². The van der Waals surface area contributed by atoms with Gasteiger partial charge >= 0.3 is 5.97 Å². The molecule has 16 heavy (non-hydrogen) atoms. The number of carboxylic acids is 1. The number of halogens is 2. The Labute approximate surface area is 107 Å². The molecule has 1 N–H and O–H groups in total. The molecule has 0 saturated heterocycles. The highest BCUT2D eigenvalue weighted by Gasteiger charge is 2.10. The summed E-state index contributed by atoms with van der Waals surface area (Å²) < 4.78 is 3.12. The van der Waals surface area contributed by atoms with E-state index in [1.165, 1.54) is 10.9 Å². The first-order valence-corrected chi connectivity index (χ1v) is 5.77. The van der Waals surface area contributed by atoms with E-state index in [1.807, 2.05) is 12.1 Å². The van der Waals surface area contributed by atoms with Crippen molar-refractivity contribution in [3.05, 3.63) is 39.0 Å². The molecular formula is C9H5Br2N3O2. The van der Waals surface area contributed by atoms with Gasteiger partial charge in [-0.05, 0) is 34.1 Å². The highest BCUT2D eigenvalue weighted by atomic mass is 79.9. The van der Waals surface area contributed by atoms with Crippen molar-refractivity contribution < 1.29 is 9.90 Å². The highest BCUT2D eigenvalue weighted by molar-refractivity contribution is 9.11. The molecule has 0 saturated carbocycles. The average molecular weight is 347 g/mol. The van der Waals surface area contributed by atoms with Gasteiger partial charge in [-0.3, -0.25) is 0 Å². The Morgan fingerprint density at radius 2 is 2.12 bits per heavy atom. The number of carbonyl (C=O) groups is 1. The van der Waals surface area contributed by atoms with Gasteiger partial charge in [-0.2, -0.15) is 0 Å². The van der Waals surface area contributed by atoms with Crippen molar-refractivity contribution >= 4 is 37.8 Å². The lowest BCUT2D eigenvalue weighted by Crippen LogP contribution is -1.96. The smallest absolute Gasteiger partial charge is 0.358 e. The van der Waals surface area contributed by atoms with Crippen LogP contribution >= 0.6 is 31.9 Å². The molecule has 0 aliphatic carbocycles. The Balaban J connectivity index is 2.46. The summed E-state index contributed by atoms with van der Waals surface area (Å²) in [6.45, 7) is 0. The van der Waals surface area contributed by atoms with Crippen molar-refractivity contribution in [2.45, 2.75) is 0 Å². The van der Waals surface area contributed by atoms with Crippen molar-refractivity contribution in [2.75, 3.05) is 0 Å². The number of nitrogens with zero attached hydrogens (tertiary/aromatic N) is 3. The molecule has 1 aromatic carbocycles.